The molecule has 0 heterocycles. The summed E-state index contributed by atoms with van der Waals surface area (Å²) in [6.45, 7) is 6.69. The van der Waals surface area contributed by atoms with Crippen LogP contribution in [0.25, 0.3) is 0 Å². The van der Waals surface area contributed by atoms with E-state index in [1.165, 1.54) is 0 Å². The maximum atomic E-state index is 12.5. The molecule has 0 aliphatic heterocycles. The molecule has 0 aliphatic carbocycles. The van der Waals surface area contributed by atoms with Gasteiger partial charge in [-0.3, -0.25) is 9.59 Å². The van der Waals surface area contributed by atoms with Gasteiger partial charge in [-0.1, -0.05) is 25.5 Å². The normalized spacial score (nSPS) is 10.6. The predicted octanol–water partition coefficient (Wildman–Crippen LogP) is 4.60. The van der Waals surface area contributed by atoms with Crippen LogP contribution in [0.5, 0.6) is 5.75 Å². The van der Waals surface area contributed by atoms with Crippen LogP contribution in [0.2, 0.25) is 0 Å². The van der Waals surface area contributed by atoms with Gasteiger partial charge >= 0.3 is 0 Å². The van der Waals surface area contributed by atoms with Gasteiger partial charge in [0.2, 0.25) is 0 Å². The average Bonchev–Trinajstić information content (AvgIpc) is 2.66. The lowest BCUT2D eigenvalue weighted by molar-refractivity contribution is 0.0792. The first-order valence-electron chi connectivity index (χ1n) is 9.35. The summed E-state index contributed by atoms with van der Waals surface area (Å²) < 4.78 is 5.73. The largest absolute Gasteiger partial charge is 0.489 e. The zero-order valence-electron chi connectivity index (χ0n) is 16.5. The molecule has 0 saturated heterocycles. The number of amides is 2. The number of carbonyl (C=O) groups is 2. The molecule has 2 aromatic rings. The summed E-state index contributed by atoms with van der Waals surface area (Å²) in [5.74, 6) is 0.351. The van der Waals surface area contributed by atoms with Gasteiger partial charge in [-0.25, -0.2) is 0 Å². The van der Waals surface area contributed by atoms with Gasteiger partial charge in [0.15, 0.2) is 0 Å². The van der Waals surface area contributed by atoms with Crippen molar-refractivity contribution in [3.8, 4) is 5.75 Å². The number of carbonyl (C=O) groups excluding carboxylic acids is 2. The Kier molecular flexibility index (Phi) is 7.41. The molecule has 1 N–H and O–H groups in total. The van der Waals surface area contributed by atoms with Crippen LogP contribution in [0, 0.1) is 0 Å². The molecule has 0 radical (unpaired) electrons. The minimum atomic E-state index is -0.242. The molecule has 0 spiro atoms. The number of anilines is 1. The number of hydrogen-bond acceptors (Lipinski definition) is 3. The number of unbranched alkanes of at least 4 members (excludes halogenated alkanes) is 1. The van der Waals surface area contributed by atoms with Gasteiger partial charge in [0.25, 0.3) is 11.8 Å². The molecular weight excluding hydrogens is 340 g/mol. The summed E-state index contributed by atoms with van der Waals surface area (Å²) in [7, 11) is 1.80. The van der Waals surface area contributed by atoms with Gasteiger partial charge in [-0.2, -0.15) is 0 Å². The number of nitrogens with one attached hydrogen (secondary N) is 1. The SMILES string of the molecule is CCCCN(C)C(=O)c1ccc(C(=O)Nc2ccccc2OC(C)C)cc1. The van der Waals surface area contributed by atoms with E-state index in [4.69, 9.17) is 4.74 Å². The molecule has 2 aromatic carbocycles. The van der Waals surface area contributed by atoms with E-state index in [2.05, 4.69) is 12.2 Å². The van der Waals surface area contributed by atoms with Crippen molar-refractivity contribution < 1.29 is 14.3 Å². The van der Waals surface area contributed by atoms with Crippen LogP contribution in [0.15, 0.2) is 48.5 Å². The molecule has 0 atom stereocenters. The Morgan fingerprint density at radius 2 is 1.67 bits per heavy atom. The van der Waals surface area contributed by atoms with E-state index in [1.807, 2.05) is 32.0 Å². The van der Waals surface area contributed by atoms with Gasteiger partial charge in [0.05, 0.1) is 11.8 Å². The maximum Gasteiger partial charge on any atom is 0.255 e. The molecule has 2 rings (SSSR count). The van der Waals surface area contributed by atoms with Crippen LogP contribution in [0.3, 0.4) is 0 Å². The molecule has 0 aliphatic rings. The smallest absolute Gasteiger partial charge is 0.255 e. The average molecular weight is 368 g/mol. The summed E-state index contributed by atoms with van der Waals surface area (Å²) in [4.78, 5) is 26.6. The number of para-hydroxylation sites is 2. The van der Waals surface area contributed by atoms with Crippen molar-refractivity contribution in [2.45, 2.75) is 39.7 Å². The number of rotatable bonds is 8. The standard InChI is InChI=1S/C22H28N2O3/c1-5-6-15-24(4)22(26)18-13-11-17(12-14-18)21(25)23-19-9-7-8-10-20(19)27-16(2)3/h7-14,16H,5-6,15H2,1-4H3,(H,23,25). The fourth-order valence-corrected chi connectivity index (χ4v) is 2.60. The minimum Gasteiger partial charge on any atom is -0.489 e. The van der Waals surface area contributed by atoms with Gasteiger partial charge in [0.1, 0.15) is 5.75 Å². The second-order valence-corrected chi connectivity index (χ2v) is 6.77. The Morgan fingerprint density at radius 1 is 1.04 bits per heavy atom. The van der Waals surface area contributed by atoms with Crippen LogP contribution in [-0.4, -0.2) is 36.4 Å². The zero-order valence-corrected chi connectivity index (χ0v) is 16.5. The third-order valence-electron chi connectivity index (χ3n) is 4.09. The van der Waals surface area contributed by atoms with Crippen molar-refractivity contribution in [3.63, 3.8) is 0 Å². The van der Waals surface area contributed by atoms with Crippen molar-refractivity contribution in [1.29, 1.82) is 0 Å². The lowest BCUT2D eigenvalue weighted by atomic mass is 10.1. The monoisotopic (exact) mass is 368 g/mol. The molecule has 0 saturated carbocycles. The van der Waals surface area contributed by atoms with Crippen molar-refractivity contribution >= 4 is 17.5 Å². The highest BCUT2D eigenvalue weighted by molar-refractivity contribution is 6.05. The second kappa shape index (κ2) is 9.76. The van der Waals surface area contributed by atoms with E-state index in [0.717, 1.165) is 19.4 Å². The first kappa shape index (κ1) is 20.5. The third kappa shape index (κ3) is 5.84. The number of ether oxygens (including phenoxy) is 1. The molecule has 5 nitrogen and oxygen atoms in total. The van der Waals surface area contributed by atoms with Crippen LogP contribution >= 0.6 is 0 Å². The minimum absolute atomic E-state index is 0.0121. The van der Waals surface area contributed by atoms with E-state index >= 15 is 0 Å². The first-order chi connectivity index (χ1) is 12.9. The van der Waals surface area contributed by atoms with E-state index < -0.39 is 0 Å². The number of benzene rings is 2. The molecule has 0 unspecified atom stereocenters. The van der Waals surface area contributed by atoms with Crippen LogP contribution in [0.1, 0.15) is 54.3 Å². The highest BCUT2D eigenvalue weighted by atomic mass is 16.5. The Morgan fingerprint density at radius 3 is 2.30 bits per heavy atom. The quantitative estimate of drug-likeness (QED) is 0.741. The molecule has 144 valence electrons. The second-order valence-electron chi connectivity index (χ2n) is 6.77. The van der Waals surface area contributed by atoms with Crippen LogP contribution < -0.4 is 10.1 Å². The molecule has 5 heteroatoms. The highest BCUT2D eigenvalue weighted by Crippen LogP contribution is 2.25. The fourth-order valence-electron chi connectivity index (χ4n) is 2.60. The molecule has 0 aromatic heterocycles. The lowest BCUT2D eigenvalue weighted by Gasteiger charge is -2.17. The van der Waals surface area contributed by atoms with Crippen molar-refractivity contribution in [3.05, 3.63) is 59.7 Å². The number of nitrogens with zero attached hydrogens (tertiary/aromatic N) is 1. The molecule has 27 heavy (non-hydrogen) atoms. The summed E-state index contributed by atoms with van der Waals surface area (Å²) in [6, 6.07) is 14.1. The third-order valence-corrected chi connectivity index (χ3v) is 4.09. The van der Waals surface area contributed by atoms with Crippen molar-refractivity contribution in [2.24, 2.45) is 0 Å². The molecular formula is C22H28N2O3. The van der Waals surface area contributed by atoms with E-state index in [0.29, 0.717) is 22.6 Å². The Balaban J connectivity index is 2.07. The summed E-state index contributed by atoms with van der Waals surface area (Å²) in [6.07, 6.45) is 2.03. The van der Waals surface area contributed by atoms with E-state index in [-0.39, 0.29) is 17.9 Å². The summed E-state index contributed by atoms with van der Waals surface area (Å²) >= 11 is 0. The molecule has 0 fully saturated rings. The highest BCUT2D eigenvalue weighted by Gasteiger charge is 2.14. The van der Waals surface area contributed by atoms with Crippen molar-refractivity contribution in [1.82, 2.24) is 4.90 Å². The predicted molar refractivity (Wildman–Crippen MR) is 108 cm³/mol. The van der Waals surface area contributed by atoms with Gasteiger partial charge < -0.3 is 15.0 Å². The van der Waals surface area contributed by atoms with Crippen LogP contribution in [0.4, 0.5) is 5.69 Å². The molecule has 2 amide bonds. The summed E-state index contributed by atoms with van der Waals surface area (Å²) in [5, 5.41) is 2.87. The molecule has 0 bridgehead atoms. The van der Waals surface area contributed by atoms with E-state index in [1.54, 1.807) is 42.3 Å². The maximum absolute atomic E-state index is 12.5. The first-order valence-corrected chi connectivity index (χ1v) is 9.35. The van der Waals surface area contributed by atoms with Crippen LogP contribution in [-0.2, 0) is 0 Å². The van der Waals surface area contributed by atoms with Crippen molar-refractivity contribution in [2.75, 3.05) is 18.9 Å². The van der Waals surface area contributed by atoms with Gasteiger partial charge in [-0.05, 0) is 56.7 Å². The lowest BCUT2D eigenvalue weighted by Crippen LogP contribution is -2.27. The Labute approximate surface area is 161 Å². The Bertz CT molecular complexity index is 769. The topological polar surface area (TPSA) is 58.6 Å². The van der Waals surface area contributed by atoms with Gasteiger partial charge in [-0.15, -0.1) is 0 Å². The van der Waals surface area contributed by atoms with Gasteiger partial charge in [0, 0.05) is 24.7 Å². The Hall–Kier alpha value is -2.82. The summed E-state index contributed by atoms with van der Waals surface area (Å²) in [5.41, 5.74) is 1.69. The zero-order chi connectivity index (χ0) is 19.8. The number of hydrogen-bond donors (Lipinski definition) is 1. The van der Waals surface area contributed by atoms with E-state index in [9.17, 15) is 9.59 Å². The fraction of sp³-hybridized carbons (Fsp3) is 0.364.